The first kappa shape index (κ1) is 15.8. The van der Waals surface area contributed by atoms with Gasteiger partial charge in [0.1, 0.15) is 12.4 Å². The molecule has 0 N–H and O–H groups in total. The topological polar surface area (TPSA) is 48.0 Å². The van der Waals surface area contributed by atoms with Crippen molar-refractivity contribution in [2.75, 3.05) is 19.9 Å². The summed E-state index contributed by atoms with van der Waals surface area (Å²) in [4.78, 5) is 14.9. The lowest BCUT2D eigenvalue weighted by atomic mass is 9.98. The average molecular weight is 339 g/mol. The number of carbonyl (C=O) groups excluding carboxylic acids is 1. The summed E-state index contributed by atoms with van der Waals surface area (Å²) in [7, 11) is 0. The zero-order valence-electron chi connectivity index (χ0n) is 14.5. The zero-order valence-corrected chi connectivity index (χ0v) is 14.5. The van der Waals surface area contributed by atoms with E-state index in [0.29, 0.717) is 25.4 Å². The number of ether oxygens (including phenoxy) is 3. The van der Waals surface area contributed by atoms with Gasteiger partial charge in [0.2, 0.25) is 12.7 Å². The Hall–Kier alpha value is -2.69. The maximum absolute atomic E-state index is 13.0. The fraction of sp³-hybridized carbons (Fsp3) is 0.350. The second kappa shape index (κ2) is 6.31. The second-order valence-corrected chi connectivity index (χ2v) is 6.55. The van der Waals surface area contributed by atoms with Crippen LogP contribution in [0, 0.1) is 6.92 Å². The van der Waals surface area contributed by atoms with Crippen LogP contribution in [0.4, 0.5) is 0 Å². The van der Waals surface area contributed by atoms with Gasteiger partial charge in [-0.1, -0.05) is 23.8 Å². The molecule has 25 heavy (non-hydrogen) atoms. The molecule has 0 radical (unpaired) electrons. The van der Waals surface area contributed by atoms with Crippen molar-refractivity contribution in [3.8, 4) is 17.2 Å². The molecule has 5 heteroatoms. The molecule has 0 saturated heterocycles. The van der Waals surface area contributed by atoms with Crippen LogP contribution < -0.4 is 14.2 Å². The lowest BCUT2D eigenvalue weighted by Crippen LogP contribution is -2.35. The van der Waals surface area contributed by atoms with E-state index in [1.54, 1.807) is 0 Å². The number of hydrogen-bond acceptors (Lipinski definition) is 4. The Morgan fingerprint density at radius 3 is 2.72 bits per heavy atom. The number of carbonyl (C=O) groups is 1. The Morgan fingerprint density at radius 1 is 1.04 bits per heavy atom. The summed E-state index contributed by atoms with van der Waals surface area (Å²) in [6.45, 7) is 5.89. The minimum absolute atomic E-state index is 0.0943. The van der Waals surface area contributed by atoms with E-state index >= 15 is 0 Å². The summed E-state index contributed by atoms with van der Waals surface area (Å²) in [5.41, 5.74) is 3.16. The van der Waals surface area contributed by atoms with Crippen LogP contribution in [0.5, 0.6) is 17.2 Å². The molecule has 0 bridgehead atoms. The van der Waals surface area contributed by atoms with Crippen molar-refractivity contribution in [3.63, 3.8) is 0 Å². The molecule has 0 aliphatic carbocycles. The largest absolute Gasteiger partial charge is 0.491 e. The van der Waals surface area contributed by atoms with Crippen molar-refractivity contribution >= 4 is 5.91 Å². The summed E-state index contributed by atoms with van der Waals surface area (Å²) in [6.07, 6.45) is 0. The molecule has 2 aromatic rings. The van der Waals surface area contributed by atoms with Crippen molar-refractivity contribution in [2.45, 2.75) is 26.3 Å². The highest BCUT2D eigenvalue weighted by Gasteiger charge is 2.26. The minimum atomic E-state index is -0.249. The molecular weight excluding hydrogens is 318 g/mol. The van der Waals surface area contributed by atoms with Crippen LogP contribution in [-0.2, 0) is 11.3 Å². The zero-order chi connectivity index (χ0) is 17.4. The van der Waals surface area contributed by atoms with Crippen LogP contribution in [0.25, 0.3) is 0 Å². The number of fused-ring (bicyclic) bond motifs is 2. The van der Waals surface area contributed by atoms with Crippen molar-refractivity contribution in [1.82, 2.24) is 4.90 Å². The Kier molecular flexibility index (Phi) is 3.99. The van der Waals surface area contributed by atoms with Gasteiger partial charge in [-0.25, -0.2) is 0 Å². The lowest BCUT2D eigenvalue weighted by Gasteiger charge is -2.24. The summed E-state index contributed by atoms with van der Waals surface area (Å²) in [5, 5.41) is 0. The molecule has 2 heterocycles. The van der Waals surface area contributed by atoms with Crippen LogP contribution in [-0.4, -0.2) is 30.8 Å². The molecule has 1 amide bonds. The number of aryl methyl sites for hydroxylation is 1. The van der Waals surface area contributed by atoms with Gasteiger partial charge in [-0.3, -0.25) is 4.79 Å². The molecule has 0 spiro atoms. The van der Waals surface area contributed by atoms with E-state index in [0.717, 1.165) is 22.6 Å². The highest BCUT2D eigenvalue weighted by Crippen LogP contribution is 2.35. The molecule has 2 aromatic carbocycles. The summed E-state index contributed by atoms with van der Waals surface area (Å²) in [5.74, 6) is 2.16. The molecule has 4 rings (SSSR count). The lowest BCUT2D eigenvalue weighted by molar-refractivity contribution is -0.133. The van der Waals surface area contributed by atoms with E-state index in [9.17, 15) is 4.79 Å². The standard InChI is InChI=1S/C20H21NO4/c1-13-3-5-17-16(9-13)11-21(7-8-23-17)20(22)14(2)15-4-6-18-19(10-15)25-12-24-18/h3-6,9-10,14H,7-8,11-12H2,1-2H3. The molecule has 5 nitrogen and oxygen atoms in total. The van der Waals surface area contributed by atoms with E-state index in [-0.39, 0.29) is 18.6 Å². The van der Waals surface area contributed by atoms with Crippen molar-refractivity contribution in [2.24, 2.45) is 0 Å². The summed E-state index contributed by atoms with van der Waals surface area (Å²) < 4.78 is 16.6. The first-order chi connectivity index (χ1) is 12.1. The van der Waals surface area contributed by atoms with Gasteiger partial charge < -0.3 is 19.1 Å². The maximum atomic E-state index is 13.0. The normalized spacial score (nSPS) is 16.6. The van der Waals surface area contributed by atoms with Crippen molar-refractivity contribution in [3.05, 3.63) is 53.1 Å². The van der Waals surface area contributed by atoms with Crippen LogP contribution in [0.3, 0.4) is 0 Å². The van der Waals surface area contributed by atoms with Crippen LogP contribution in [0.15, 0.2) is 36.4 Å². The Bertz CT molecular complexity index is 817. The molecule has 1 atom stereocenters. The molecule has 1 unspecified atom stereocenters. The van der Waals surface area contributed by atoms with E-state index in [4.69, 9.17) is 14.2 Å². The van der Waals surface area contributed by atoms with Crippen molar-refractivity contribution < 1.29 is 19.0 Å². The Morgan fingerprint density at radius 2 is 1.84 bits per heavy atom. The van der Waals surface area contributed by atoms with Crippen LogP contribution in [0.2, 0.25) is 0 Å². The van der Waals surface area contributed by atoms with E-state index in [1.165, 1.54) is 5.56 Å². The number of hydrogen-bond donors (Lipinski definition) is 0. The fourth-order valence-corrected chi connectivity index (χ4v) is 3.31. The van der Waals surface area contributed by atoms with Gasteiger partial charge in [0.15, 0.2) is 11.5 Å². The molecule has 0 fully saturated rings. The monoisotopic (exact) mass is 339 g/mol. The first-order valence-corrected chi connectivity index (χ1v) is 8.52. The molecule has 0 saturated carbocycles. The third-order valence-corrected chi connectivity index (χ3v) is 4.77. The predicted octanol–water partition coefficient (Wildman–Crippen LogP) is 3.25. The fourth-order valence-electron chi connectivity index (χ4n) is 3.31. The van der Waals surface area contributed by atoms with E-state index < -0.39 is 0 Å². The van der Waals surface area contributed by atoms with Crippen LogP contribution in [0.1, 0.15) is 29.5 Å². The van der Waals surface area contributed by atoms with Gasteiger partial charge in [0, 0.05) is 12.1 Å². The average Bonchev–Trinajstić information content (AvgIpc) is 2.99. The number of rotatable bonds is 2. The third-order valence-electron chi connectivity index (χ3n) is 4.77. The Balaban J connectivity index is 1.55. The molecule has 2 aliphatic rings. The van der Waals surface area contributed by atoms with Gasteiger partial charge in [0.05, 0.1) is 12.5 Å². The smallest absolute Gasteiger partial charge is 0.231 e. The highest BCUT2D eigenvalue weighted by atomic mass is 16.7. The van der Waals surface area contributed by atoms with Gasteiger partial charge in [-0.05, 0) is 37.6 Å². The van der Waals surface area contributed by atoms with E-state index in [1.807, 2.05) is 49.1 Å². The number of benzene rings is 2. The quantitative estimate of drug-likeness (QED) is 0.843. The third kappa shape index (κ3) is 3.02. The molecule has 0 aromatic heterocycles. The first-order valence-electron chi connectivity index (χ1n) is 8.52. The number of amides is 1. The van der Waals surface area contributed by atoms with E-state index in [2.05, 4.69) is 6.07 Å². The van der Waals surface area contributed by atoms with Crippen molar-refractivity contribution in [1.29, 1.82) is 0 Å². The molecule has 2 aliphatic heterocycles. The SMILES string of the molecule is Cc1ccc2c(c1)CN(C(=O)C(C)c1ccc3c(c1)OCO3)CCO2. The Labute approximate surface area is 147 Å². The maximum Gasteiger partial charge on any atom is 0.231 e. The van der Waals surface area contributed by atoms with Gasteiger partial charge in [-0.15, -0.1) is 0 Å². The minimum Gasteiger partial charge on any atom is -0.491 e. The second-order valence-electron chi connectivity index (χ2n) is 6.55. The van der Waals surface area contributed by atoms with Gasteiger partial charge in [0.25, 0.3) is 0 Å². The predicted molar refractivity (Wildman–Crippen MR) is 93.1 cm³/mol. The molecule has 130 valence electrons. The number of nitrogens with zero attached hydrogens (tertiary/aromatic N) is 1. The van der Waals surface area contributed by atoms with Gasteiger partial charge >= 0.3 is 0 Å². The summed E-state index contributed by atoms with van der Waals surface area (Å²) >= 11 is 0. The highest BCUT2D eigenvalue weighted by molar-refractivity contribution is 5.83. The van der Waals surface area contributed by atoms with Crippen LogP contribution >= 0.6 is 0 Å². The van der Waals surface area contributed by atoms with Gasteiger partial charge in [-0.2, -0.15) is 0 Å². The summed E-state index contributed by atoms with van der Waals surface area (Å²) in [6, 6.07) is 11.8. The molecular formula is C20H21NO4.